The first-order chi connectivity index (χ1) is 9.06. The Morgan fingerprint density at radius 1 is 1.21 bits per heavy atom. The van der Waals surface area contributed by atoms with Gasteiger partial charge in [0.1, 0.15) is 11.6 Å². The third-order valence-electron chi connectivity index (χ3n) is 3.35. The molecule has 0 atom stereocenters. The number of aromatic amines is 1. The number of aromatic nitrogens is 2. The van der Waals surface area contributed by atoms with Gasteiger partial charge < -0.3 is 15.0 Å². The van der Waals surface area contributed by atoms with Gasteiger partial charge in [-0.05, 0) is 51.1 Å². The van der Waals surface area contributed by atoms with Crippen LogP contribution in [0.5, 0.6) is 5.75 Å². The summed E-state index contributed by atoms with van der Waals surface area (Å²) in [4.78, 5) is 7.95. The van der Waals surface area contributed by atoms with Gasteiger partial charge in [0.15, 0.2) is 0 Å². The highest BCUT2D eigenvalue weighted by atomic mass is 16.5. The van der Waals surface area contributed by atoms with E-state index in [-0.39, 0.29) is 0 Å². The van der Waals surface area contributed by atoms with Crippen LogP contribution in [0.2, 0.25) is 0 Å². The lowest BCUT2D eigenvalue weighted by atomic mass is 10.0. The molecule has 0 saturated carbocycles. The van der Waals surface area contributed by atoms with Crippen LogP contribution in [0.4, 0.5) is 0 Å². The molecule has 0 saturated heterocycles. The molecule has 1 heterocycles. The van der Waals surface area contributed by atoms with Gasteiger partial charge in [-0.15, -0.1) is 0 Å². The molecule has 0 spiro atoms. The normalized spacial score (nSPS) is 10.8. The van der Waals surface area contributed by atoms with Gasteiger partial charge in [0, 0.05) is 11.3 Å². The molecular weight excluding hydrogens is 238 g/mol. The summed E-state index contributed by atoms with van der Waals surface area (Å²) < 4.78 is 5.49. The van der Waals surface area contributed by atoms with Crippen LogP contribution in [0.3, 0.4) is 0 Å². The summed E-state index contributed by atoms with van der Waals surface area (Å²) in [6.07, 6.45) is 0. The second-order valence-electron chi connectivity index (χ2n) is 4.82. The van der Waals surface area contributed by atoms with Gasteiger partial charge in [-0.1, -0.05) is 0 Å². The van der Waals surface area contributed by atoms with E-state index in [1.807, 2.05) is 14.0 Å². The van der Waals surface area contributed by atoms with E-state index in [1.165, 1.54) is 11.1 Å². The van der Waals surface area contributed by atoms with Crippen molar-refractivity contribution in [1.29, 1.82) is 0 Å². The fourth-order valence-corrected chi connectivity index (χ4v) is 2.18. The third-order valence-corrected chi connectivity index (χ3v) is 3.35. The van der Waals surface area contributed by atoms with E-state index in [1.54, 1.807) is 7.11 Å². The van der Waals surface area contributed by atoms with Gasteiger partial charge in [0.05, 0.1) is 19.3 Å². The number of hydrogen-bond donors (Lipinski definition) is 2. The van der Waals surface area contributed by atoms with Crippen molar-refractivity contribution in [1.82, 2.24) is 15.3 Å². The number of methoxy groups -OCH3 is 1. The molecule has 4 heteroatoms. The number of nitrogens with one attached hydrogen (secondary N) is 2. The number of imidazole rings is 1. The molecular formula is C15H21N3O. The van der Waals surface area contributed by atoms with E-state index in [4.69, 9.17) is 4.74 Å². The molecule has 1 aromatic heterocycles. The Bertz CT molecular complexity index is 587. The summed E-state index contributed by atoms with van der Waals surface area (Å²) in [6, 6.07) is 4.21. The number of rotatable bonds is 4. The van der Waals surface area contributed by atoms with Crippen molar-refractivity contribution in [2.24, 2.45) is 0 Å². The molecule has 0 bridgehead atoms. The Morgan fingerprint density at radius 2 is 1.89 bits per heavy atom. The lowest BCUT2D eigenvalue weighted by Crippen LogP contribution is -2.06. The van der Waals surface area contributed by atoms with Gasteiger partial charge in [-0.2, -0.15) is 0 Å². The molecule has 2 aromatic rings. The topological polar surface area (TPSA) is 49.9 Å². The average molecular weight is 259 g/mol. The lowest BCUT2D eigenvalue weighted by molar-refractivity contribution is 0.416. The fraction of sp³-hybridized carbons (Fsp3) is 0.400. The molecule has 0 aliphatic heterocycles. The monoisotopic (exact) mass is 259 g/mol. The smallest absolute Gasteiger partial charge is 0.128 e. The predicted molar refractivity (Wildman–Crippen MR) is 77.6 cm³/mol. The van der Waals surface area contributed by atoms with Crippen LogP contribution in [0.1, 0.15) is 22.6 Å². The second kappa shape index (κ2) is 5.45. The maximum atomic E-state index is 5.49. The van der Waals surface area contributed by atoms with Crippen molar-refractivity contribution >= 4 is 0 Å². The van der Waals surface area contributed by atoms with Crippen LogP contribution < -0.4 is 10.1 Å². The second-order valence-corrected chi connectivity index (χ2v) is 4.82. The van der Waals surface area contributed by atoms with Crippen molar-refractivity contribution < 1.29 is 4.74 Å². The first-order valence-electron chi connectivity index (χ1n) is 6.42. The Balaban J connectivity index is 2.54. The summed E-state index contributed by atoms with van der Waals surface area (Å²) in [5.41, 5.74) is 5.54. The highest BCUT2D eigenvalue weighted by molar-refractivity contribution is 5.71. The maximum Gasteiger partial charge on any atom is 0.128 e. The SMILES string of the molecule is CNCc1nc(-c2cc(C)c(C)cc2OC)c(C)[nH]1. The molecule has 0 radical (unpaired) electrons. The number of benzene rings is 1. The Morgan fingerprint density at radius 3 is 2.53 bits per heavy atom. The molecule has 1 aromatic carbocycles. The Hall–Kier alpha value is -1.81. The van der Waals surface area contributed by atoms with Crippen LogP contribution in [0.25, 0.3) is 11.3 Å². The van der Waals surface area contributed by atoms with Crippen LogP contribution in [-0.4, -0.2) is 24.1 Å². The standard InChI is InChI=1S/C15H21N3O/c1-9-6-12(13(19-5)7-10(9)2)15-11(3)17-14(18-15)8-16-4/h6-7,16H,8H2,1-5H3,(H,17,18). The average Bonchev–Trinajstić information content (AvgIpc) is 2.73. The maximum absolute atomic E-state index is 5.49. The fourth-order valence-electron chi connectivity index (χ4n) is 2.18. The highest BCUT2D eigenvalue weighted by Crippen LogP contribution is 2.33. The van der Waals surface area contributed by atoms with Crippen molar-refractivity contribution in [3.8, 4) is 17.0 Å². The lowest BCUT2D eigenvalue weighted by Gasteiger charge is -2.10. The molecule has 0 aliphatic rings. The van der Waals surface area contributed by atoms with E-state index >= 15 is 0 Å². The van der Waals surface area contributed by atoms with Crippen molar-refractivity contribution in [2.75, 3.05) is 14.2 Å². The van der Waals surface area contributed by atoms with Crippen molar-refractivity contribution in [3.05, 3.63) is 34.8 Å². The summed E-state index contributed by atoms with van der Waals surface area (Å²) in [5, 5.41) is 3.10. The van der Waals surface area contributed by atoms with Gasteiger partial charge in [-0.3, -0.25) is 0 Å². The van der Waals surface area contributed by atoms with E-state index < -0.39 is 0 Å². The minimum atomic E-state index is 0.730. The van der Waals surface area contributed by atoms with Crippen LogP contribution >= 0.6 is 0 Å². The van der Waals surface area contributed by atoms with Crippen LogP contribution in [0, 0.1) is 20.8 Å². The predicted octanol–water partition coefficient (Wildman–Crippen LogP) is 2.73. The van der Waals surface area contributed by atoms with E-state index in [9.17, 15) is 0 Å². The van der Waals surface area contributed by atoms with Gasteiger partial charge >= 0.3 is 0 Å². The summed E-state index contributed by atoms with van der Waals surface area (Å²) in [7, 11) is 3.61. The molecule has 19 heavy (non-hydrogen) atoms. The largest absolute Gasteiger partial charge is 0.496 e. The molecule has 0 aliphatic carbocycles. The number of H-pyrrole nitrogens is 1. The molecule has 0 unspecified atom stereocenters. The van der Waals surface area contributed by atoms with Crippen LogP contribution in [-0.2, 0) is 6.54 Å². The van der Waals surface area contributed by atoms with E-state index in [0.29, 0.717) is 0 Å². The molecule has 102 valence electrons. The molecule has 2 N–H and O–H groups in total. The molecule has 0 fully saturated rings. The van der Waals surface area contributed by atoms with Crippen molar-refractivity contribution in [3.63, 3.8) is 0 Å². The quantitative estimate of drug-likeness (QED) is 0.887. The molecule has 0 amide bonds. The minimum Gasteiger partial charge on any atom is -0.496 e. The zero-order chi connectivity index (χ0) is 14.0. The summed E-state index contributed by atoms with van der Waals surface area (Å²) in [6.45, 7) is 6.96. The Kier molecular flexibility index (Phi) is 3.90. The van der Waals surface area contributed by atoms with Crippen LogP contribution in [0.15, 0.2) is 12.1 Å². The highest BCUT2D eigenvalue weighted by Gasteiger charge is 2.14. The van der Waals surface area contributed by atoms with Gasteiger partial charge in [0.2, 0.25) is 0 Å². The molecule has 2 rings (SSSR count). The van der Waals surface area contributed by atoms with Gasteiger partial charge in [0.25, 0.3) is 0 Å². The zero-order valence-electron chi connectivity index (χ0n) is 12.2. The summed E-state index contributed by atoms with van der Waals surface area (Å²) in [5.74, 6) is 1.81. The first kappa shape index (κ1) is 13.6. The zero-order valence-corrected chi connectivity index (χ0v) is 12.2. The van der Waals surface area contributed by atoms with E-state index in [2.05, 4.69) is 41.3 Å². The Labute approximate surface area is 114 Å². The van der Waals surface area contributed by atoms with Crippen molar-refractivity contribution in [2.45, 2.75) is 27.3 Å². The molecule has 4 nitrogen and oxygen atoms in total. The summed E-state index contributed by atoms with van der Waals surface area (Å²) >= 11 is 0. The van der Waals surface area contributed by atoms with E-state index in [0.717, 1.165) is 35.1 Å². The third kappa shape index (κ3) is 2.63. The number of ether oxygens (including phenoxy) is 1. The number of hydrogen-bond acceptors (Lipinski definition) is 3. The number of nitrogens with zero attached hydrogens (tertiary/aromatic N) is 1. The first-order valence-corrected chi connectivity index (χ1v) is 6.42. The minimum absolute atomic E-state index is 0.730. The number of aryl methyl sites for hydroxylation is 3. The van der Waals surface area contributed by atoms with Gasteiger partial charge in [-0.25, -0.2) is 4.98 Å².